The van der Waals surface area contributed by atoms with E-state index in [2.05, 4.69) is 43.7 Å². The Bertz CT molecular complexity index is 753. The van der Waals surface area contributed by atoms with Crippen LogP contribution in [-0.4, -0.2) is 64.9 Å². The molecule has 1 unspecified atom stereocenters. The molecule has 3 rings (SSSR count). The minimum atomic E-state index is 0.183. The van der Waals surface area contributed by atoms with Gasteiger partial charge in [-0.1, -0.05) is 6.07 Å². The van der Waals surface area contributed by atoms with Crippen LogP contribution >= 0.6 is 0 Å². The van der Waals surface area contributed by atoms with Gasteiger partial charge in [0.15, 0.2) is 6.79 Å². The predicted octanol–water partition coefficient (Wildman–Crippen LogP) is 2.43. The zero-order valence-electron chi connectivity index (χ0n) is 16.5. The summed E-state index contributed by atoms with van der Waals surface area (Å²) in [6, 6.07) is 4.34. The molecule has 0 saturated carbocycles. The van der Waals surface area contributed by atoms with Gasteiger partial charge in [0.25, 0.3) is 5.95 Å². The fraction of sp³-hybridized carbons (Fsp3) is 0.579. The summed E-state index contributed by atoms with van der Waals surface area (Å²) in [4.78, 5) is 2.30. The molecule has 2 heterocycles. The third-order valence-electron chi connectivity index (χ3n) is 4.61. The normalized spacial score (nSPS) is 17.7. The average Bonchev–Trinajstić information content (AvgIpc) is 2.63. The lowest BCUT2D eigenvalue weighted by Gasteiger charge is -2.29. The summed E-state index contributed by atoms with van der Waals surface area (Å²) in [6.07, 6.45) is 2.26. The monoisotopic (exact) mass is 372 g/mol. The molecule has 0 spiro atoms. The standard InChI is InChI=1S/C19H28N6O2/c1-5-26-12-27-16-10-13(2)9-14(3)17(16)18-21-23-19(24-22-18)20-15-7-6-8-25(4)11-15/h9-10,15H,5-8,11-12H2,1-4H3,(H,20,23,24). The minimum Gasteiger partial charge on any atom is -0.467 e. The molecule has 1 N–H and O–H groups in total. The molecule has 0 amide bonds. The number of nitrogens with one attached hydrogen (secondary N) is 1. The van der Waals surface area contributed by atoms with Crippen LogP contribution in [0.5, 0.6) is 5.75 Å². The highest BCUT2D eigenvalue weighted by atomic mass is 16.7. The molecule has 1 aromatic heterocycles. The summed E-state index contributed by atoms with van der Waals surface area (Å²) in [6.45, 7) is 8.83. The molecule has 1 atom stereocenters. The zero-order valence-corrected chi connectivity index (χ0v) is 16.5. The van der Waals surface area contributed by atoms with Crippen molar-refractivity contribution in [3.05, 3.63) is 23.3 Å². The highest BCUT2D eigenvalue weighted by Crippen LogP contribution is 2.32. The number of hydrogen-bond acceptors (Lipinski definition) is 8. The maximum Gasteiger partial charge on any atom is 0.262 e. The molecule has 8 nitrogen and oxygen atoms in total. The third kappa shape index (κ3) is 5.11. The molecule has 2 aromatic rings. The predicted molar refractivity (Wildman–Crippen MR) is 104 cm³/mol. The number of anilines is 1. The minimum absolute atomic E-state index is 0.183. The first kappa shape index (κ1) is 19.4. The molecule has 146 valence electrons. The van der Waals surface area contributed by atoms with Gasteiger partial charge in [-0.15, -0.1) is 20.4 Å². The van der Waals surface area contributed by atoms with Gasteiger partial charge in [-0.05, 0) is 64.4 Å². The summed E-state index contributed by atoms with van der Waals surface area (Å²) in [5.41, 5.74) is 2.91. The number of aryl methyl sites for hydroxylation is 2. The number of likely N-dealkylation sites (N-methyl/N-ethyl adjacent to an activating group) is 1. The van der Waals surface area contributed by atoms with Crippen molar-refractivity contribution in [3.8, 4) is 17.1 Å². The summed E-state index contributed by atoms with van der Waals surface area (Å²) in [5.74, 6) is 1.59. The fourth-order valence-electron chi connectivity index (χ4n) is 3.37. The van der Waals surface area contributed by atoms with Crippen LogP contribution < -0.4 is 10.1 Å². The molecule has 1 saturated heterocycles. The van der Waals surface area contributed by atoms with E-state index in [-0.39, 0.29) is 6.79 Å². The molecule has 0 bridgehead atoms. The Kier molecular flexibility index (Phi) is 6.52. The van der Waals surface area contributed by atoms with Gasteiger partial charge >= 0.3 is 0 Å². The van der Waals surface area contributed by atoms with Crippen molar-refractivity contribution in [3.63, 3.8) is 0 Å². The van der Waals surface area contributed by atoms with Gasteiger partial charge in [0, 0.05) is 19.2 Å². The second kappa shape index (κ2) is 9.05. The Morgan fingerprint density at radius 3 is 2.67 bits per heavy atom. The first-order valence-corrected chi connectivity index (χ1v) is 9.41. The first-order chi connectivity index (χ1) is 13.1. The Morgan fingerprint density at radius 2 is 1.96 bits per heavy atom. The van der Waals surface area contributed by atoms with Gasteiger partial charge in [-0.25, -0.2) is 0 Å². The van der Waals surface area contributed by atoms with Crippen LogP contribution in [0.4, 0.5) is 5.95 Å². The van der Waals surface area contributed by atoms with Crippen LogP contribution in [0.25, 0.3) is 11.4 Å². The van der Waals surface area contributed by atoms with Gasteiger partial charge in [0.2, 0.25) is 5.82 Å². The maximum absolute atomic E-state index is 5.78. The van der Waals surface area contributed by atoms with Crippen molar-refractivity contribution in [2.45, 2.75) is 39.7 Å². The van der Waals surface area contributed by atoms with E-state index in [4.69, 9.17) is 9.47 Å². The number of likely N-dealkylation sites (tertiary alicyclic amines) is 1. The molecular weight excluding hydrogens is 344 g/mol. The number of hydrogen-bond donors (Lipinski definition) is 1. The average molecular weight is 372 g/mol. The van der Waals surface area contributed by atoms with E-state index in [1.165, 1.54) is 0 Å². The van der Waals surface area contributed by atoms with E-state index in [1.807, 2.05) is 26.8 Å². The van der Waals surface area contributed by atoms with Crippen LogP contribution in [-0.2, 0) is 4.74 Å². The van der Waals surface area contributed by atoms with E-state index >= 15 is 0 Å². The molecule has 1 aliphatic heterocycles. The third-order valence-corrected chi connectivity index (χ3v) is 4.61. The lowest BCUT2D eigenvalue weighted by molar-refractivity contribution is 0.0227. The van der Waals surface area contributed by atoms with Gasteiger partial charge in [0.05, 0.1) is 5.56 Å². The topological polar surface area (TPSA) is 85.3 Å². The second-order valence-electron chi connectivity index (χ2n) is 7.00. The highest BCUT2D eigenvalue weighted by Gasteiger charge is 2.19. The van der Waals surface area contributed by atoms with Crippen LogP contribution in [0, 0.1) is 13.8 Å². The lowest BCUT2D eigenvalue weighted by atomic mass is 10.0. The quantitative estimate of drug-likeness (QED) is 0.586. The van der Waals surface area contributed by atoms with E-state index < -0.39 is 0 Å². The Balaban J connectivity index is 1.77. The number of rotatable bonds is 7. The molecule has 1 aromatic carbocycles. The maximum atomic E-state index is 5.78. The summed E-state index contributed by atoms with van der Waals surface area (Å²) < 4.78 is 11.1. The fourth-order valence-corrected chi connectivity index (χ4v) is 3.37. The molecular formula is C19H28N6O2. The number of ether oxygens (including phenoxy) is 2. The Morgan fingerprint density at radius 1 is 1.19 bits per heavy atom. The molecule has 27 heavy (non-hydrogen) atoms. The van der Waals surface area contributed by atoms with Crippen molar-refractivity contribution in [1.82, 2.24) is 25.3 Å². The van der Waals surface area contributed by atoms with Gasteiger partial charge in [-0.2, -0.15) is 0 Å². The number of piperidine rings is 1. The van der Waals surface area contributed by atoms with E-state index in [0.717, 1.165) is 42.6 Å². The van der Waals surface area contributed by atoms with Crippen molar-refractivity contribution >= 4 is 5.95 Å². The van der Waals surface area contributed by atoms with Crippen LogP contribution in [0.2, 0.25) is 0 Å². The van der Waals surface area contributed by atoms with E-state index in [0.29, 0.717) is 30.2 Å². The van der Waals surface area contributed by atoms with Crippen molar-refractivity contribution in [2.75, 3.05) is 38.9 Å². The van der Waals surface area contributed by atoms with Crippen molar-refractivity contribution in [2.24, 2.45) is 0 Å². The molecule has 0 aliphatic carbocycles. The number of aromatic nitrogens is 4. The highest BCUT2D eigenvalue weighted by molar-refractivity contribution is 5.68. The van der Waals surface area contributed by atoms with Gasteiger partial charge in [0.1, 0.15) is 5.75 Å². The van der Waals surface area contributed by atoms with Gasteiger partial charge < -0.3 is 19.7 Å². The Hall–Kier alpha value is -2.32. The molecule has 1 fully saturated rings. The molecule has 1 aliphatic rings. The summed E-state index contributed by atoms with van der Waals surface area (Å²) in [5, 5.41) is 20.4. The van der Waals surface area contributed by atoms with Gasteiger partial charge in [-0.3, -0.25) is 0 Å². The van der Waals surface area contributed by atoms with E-state index in [9.17, 15) is 0 Å². The van der Waals surface area contributed by atoms with Crippen molar-refractivity contribution < 1.29 is 9.47 Å². The second-order valence-corrected chi connectivity index (χ2v) is 7.00. The summed E-state index contributed by atoms with van der Waals surface area (Å²) >= 11 is 0. The van der Waals surface area contributed by atoms with E-state index in [1.54, 1.807) is 0 Å². The first-order valence-electron chi connectivity index (χ1n) is 9.41. The largest absolute Gasteiger partial charge is 0.467 e. The van der Waals surface area contributed by atoms with Crippen LogP contribution in [0.1, 0.15) is 30.9 Å². The lowest BCUT2D eigenvalue weighted by Crippen LogP contribution is -2.40. The zero-order chi connectivity index (χ0) is 19.2. The Labute approximate surface area is 160 Å². The number of benzene rings is 1. The van der Waals surface area contributed by atoms with Crippen LogP contribution in [0.15, 0.2) is 12.1 Å². The number of nitrogens with zero attached hydrogens (tertiary/aromatic N) is 5. The smallest absolute Gasteiger partial charge is 0.262 e. The molecule has 8 heteroatoms. The van der Waals surface area contributed by atoms with Crippen molar-refractivity contribution in [1.29, 1.82) is 0 Å². The SMILES string of the molecule is CCOCOc1cc(C)cc(C)c1-c1nnc(NC2CCCN(C)C2)nn1. The van der Waals surface area contributed by atoms with Crippen LogP contribution in [0.3, 0.4) is 0 Å². The summed E-state index contributed by atoms with van der Waals surface area (Å²) in [7, 11) is 2.12. The molecule has 0 radical (unpaired) electrons.